The number of hydrogen-bond donors (Lipinski definition) is 11. The first-order valence-electron chi connectivity index (χ1n) is 8.67. The SMILES string of the molecule is OC[C@@H](O)[C@H](O)[C@@H](O)C(O)(C1OC[C@@H](O)[C@H](O)[C@H]1O)C1OC[C@@H](O)[C@H](O)[C@H]1O. The summed E-state index contributed by atoms with van der Waals surface area (Å²) in [6, 6.07) is 0. The first kappa shape index (κ1) is 23.8. The molecule has 2 fully saturated rings. The first-order valence-corrected chi connectivity index (χ1v) is 8.67. The first-order chi connectivity index (χ1) is 13.0. The molecule has 0 bridgehead atoms. The molecule has 0 aromatic heterocycles. The van der Waals surface area contributed by atoms with Crippen molar-refractivity contribution in [1.29, 1.82) is 0 Å². The molecule has 11 atom stereocenters. The second-order valence-electron chi connectivity index (χ2n) is 7.18. The lowest BCUT2D eigenvalue weighted by atomic mass is 9.73. The molecule has 166 valence electrons. The van der Waals surface area contributed by atoms with E-state index in [0.29, 0.717) is 0 Å². The molecule has 11 N–H and O–H groups in total. The molecule has 2 heterocycles. The Bertz CT molecular complexity index is 476. The zero-order valence-corrected chi connectivity index (χ0v) is 14.7. The number of rotatable bonds is 6. The van der Waals surface area contributed by atoms with Gasteiger partial charge in [-0.05, 0) is 0 Å². The predicted molar refractivity (Wildman–Crippen MR) is 85.6 cm³/mol. The van der Waals surface area contributed by atoms with Crippen molar-refractivity contribution in [2.75, 3.05) is 19.8 Å². The fourth-order valence-electron chi connectivity index (χ4n) is 3.52. The summed E-state index contributed by atoms with van der Waals surface area (Å²) in [6.07, 6.45) is -21.5. The van der Waals surface area contributed by atoms with E-state index in [1.54, 1.807) is 0 Å². The Hall–Kier alpha value is -0.520. The summed E-state index contributed by atoms with van der Waals surface area (Å²) in [5.41, 5.74) is -2.98. The maximum absolute atomic E-state index is 11.2. The summed E-state index contributed by atoms with van der Waals surface area (Å²) in [5.74, 6) is 0. The summed E-state index contributed by atoms with van der Waals surface area (Å²) in [5, 5.41) is 110. The van der Waals surface area contributed by atoms with Gasteiger partial charge in [-0.3, -0.25) is 0 Å². The van der Waals surface area contributed by atoms with E-state index >= 15 is 0 Å². The Labute approximate surface area is 159 Å². The number of ether oxygens (including phenoxy) is 2. The van der Waals surface area contributed by atoms with Gasteiger partial charge >= 0.3 is 0 Å². The summed E-state index contributed by atoms with van der Waals surface area (Å²) < 4.78 is 10.3. The molecule has 28 heavy (non-hydrogen) atoms. The average molecular weight is 416 g/mol. The molecule has 2 rings (SSSR count). The minimum Gasteiger partial charge on any atom is -0.394 e. The van der Waals surface area contributed by atoms with Crippen LogP contribution in [0.2, 0.25) is 0 Å². The van der Waals surface area contributed by atoms with E-state index in [4.69, 9.17) is 14.6 Å². The minimum atomic E-state index is -2.98. The van der Waals surface area contributed by atoms with Crippen LogP contribution in [0.3, 0.4) is 0 Å². The highest BCUT2D eigenvalue weighted by Crippen LogP contribution is 2.37. The summed E-state index contributed by atoms with van der Waals surface area (Å²) in [6.45, 7) is -2.27. The third-order valence-electron chi connectivity index (χ3n) is 5.29. The van der Waals surface area contributed by atoms with Crippen LogP contribution in [0.1, 0.15) is 0 Å². The van der Waals surface area contributed by atoms with Gasteiger partial charge in [0.15, 0.2) is 5.60 Å². The van der Waals surface area contributed by atoms with E-state index in [2.05, 4.69) is 0 Å². The van der Waals surface area contributed by atoms with Crippen LogP contribution in [0.5, 0.6) is 0 Å². The molecular formula is C15H28O13. The van der Waals surface area contributed by atoms with Crippen LogP contribution in [0.25, 0.3) is 0 Å². The lowest BCUT2D eigenvalue weighted by molar-refractivity contribution is -0.325. The Morgan fingerprint density at radius 1 is 0.750 bits per heavy atom. The van der Waals surface area contributed by atoms with E-state index in [0.717, 1.165) is 0 Å². The molecule has 0 aliphatic carbocycles. The van der Waals surface area contributed by atoms with Gasteiger partial charge < -0.3 is 65.6 Å². The molecular weight excluding hydrogens is 388 g/mol. The highest BCUT2D eigenvalue weighted by molar-refractivity contribution is 5.12. The molecule has 0 amide bonds. The van der Waals surface area contributed by atoms with Gasteiger partial charge in [-0.1, -0.05) is 0 Å². The van der Waals surface area contributed by atoms with Crippen molar-refractivity contribution in [2.45, 2.75) is 72.7 Å². The van der Waals surface area contributed by atoms with Crippen molar-refractivity contribution < 1.29 is 65.6 Å². The van der Waals surface area contributed by atoms with Crippen molar-refractivity contribution >= 4 is 0 Å². The van der Waals surface area contributed by atoms with E-state index in [1.807, 2.05) is 0 Å². The summed E-state index contributed by atoms with van der Waals surface area (Å²) >= 11 is 0. The number of aliphatic hydroxyl groups excluding tert-OH is 10. The van der Waals surface area contributed by atoms with Gasteiger partial charge in [0.25, 0.3) is 0 Å². The number of hydrogen-bond acceptors (Lipinski definition) is 13. The van der Waals surface area contributed by atoms with Crippen molar-refractivity contribution in [1.82, 2.24) is 0 Å². The largest absolute Gasteiger partial charge is 0.394 e. The lowest BCUT2D eigenvalue weighted by Crippen LogP contribution is -2.76. The lowest BCUT2D eigenvalue weighted by Gasteiger charge is -2.52. The Balaban J connectivity index is 2.46. The molecule has 2 unspecified atom stereocenters. The van der Waals surface area contributed by atoms with Crippen LogP contribution < -0.4 is 0 Å². The second-order valence-corrected chi connectivity index (χ2v) is 7.18. The predicted octanol–water partition coefficient (Wildman–Crippen LogP) is -7.24. The molecule has 13 heteroatoms. The monoisotopic (exact) mass is 416 g/mol. The van der Waals surface area contributed by atoms with E-state index < -0.39 is 92.6 Å². The zero-order chi connectivity index (χ0) is 21.4. The van der Waals surface area contributed by atoms with Crippen LogP contribution >= 0.6 is 0 Å². The average Bonchev–Trinajstić information content (AvgIpc) is 2.68. The highest BCUT2D eigenvalue weighted by Gasteiger charge is 2.63. The van der Waals surface area contributed by atoms with Gasteiger partial charge in [0.1, 0.15) is 67.1 Å². The van der Waals surface area contributed by atoms with Gasteiger partial charge in [0.2, 0.25) is 0 Å². The van der Waals surface area contributed by atoms with Gasteiger partial charge in [-0.2, -0.15) is 0 Å². The molecule has 2 saturated heterocycles. The molecule has 0 aromatic rings. The normalized spacial score (nSPS) is 45.1. The molecule has 0 saturated carbocycles. The third kappa shape index (κ3) is 4.04. The third-order valence-corrected chi connectivity index (χ3v) is 5.29. The second kappa shape index (κ2) is 9.09. The maximum Gasteiger partial charge on any atom is 0.150 e. The topological polar surface area (TPSA) is 241 Å². The van der Waals surface area contributed by atoms with E-state index in [1.165, 1.54) is 0 Å². The minimum absolute atomic E-state index is 0.620. The van der Waals surface area contributed by atoms with Crippen LogP contribution in [-0.2, 0) is 9.47 Å². The van der Waals surface area contributed by atoms with E-state index in [-0.39, 0.29) is 0 Å². The van der Waals surface area contributed by atoms with Crippen molar-refractivity contribution in [3.63, 3.8) is 0 Å². The fourth-order valence-corrected chi connectivity index (χ4v) is 3.52. The van der Waals surface area contributed by atoms with Crippen LogP contribution in [-0.4, -0.2) is 149 Å². The number of aliphatic hydroxyl groups is 11. The van der Waals surface area contributed by atoms with Crippen LogP contribution in [0.4, 0.5) is 0 Å². The molecule has 2 aliphatic heterocycles. The Morgan fingerprint density at radius 2 is 1.14 bits per heavy atom. The Kier molecular flexibility index (Phi) is 7.72. The van der Waals surface area contributed by atoms with Crippen molar-refractivity contribution in [3.05, 3.63) is 0 Å². The molecule has 2 aliphatic rings. The fraction of sp³-hybridized carbons (Fsp3) is 1.00. The standard InChI is InChI=1S/C15H28O13/c16-1-4(17)9(22)12(25)15(26,13-10(23)7(20)5(18)2-27-13)14-11(24)8(21)6(19)3-28-14/h4-14,16-26H,1-3H2/t4-,5-,6-,7+,8+,9+,10-,11-,12-,13?,14?,15?/m1/s1. The highest BCUT2D eigenvalue weighted by atomic mass is 16.6. The smallest absolute Gasteiger partial charge is 0.150 e. The molecule has 13 nitrogen and oxygen atoms in total. The van der Waals surface area contributed by atoms with Crippen LogP contribution in [0, 0.1) is 0 Å². The molecule has 0 aromatic carbocycles. The van der Waals surface area contributed by atoms with Crippen molar-refractivity contribution in [3.8, 4) is 0 Å². The van der Waals surface area contributed by atoms with Gasteiger partial charge in [-0.25, -0.2) is 0 Å². The summed E-state index contributed by atoms with van der Waals surface area (Å²) in [4.78, 5) is 0. The van der Waals surface area contributed by atoms with Crippen LogP contribution in [0.15, 0.2) is 0 Å². The van der Waals surface area contributed by atoms with Gasteiger partial charge in [0, 0.05) is 0 Å². The zero-order valence-electron chi connectivity index (χ0n) is 14.7. The molecule has 0 spiro atoms. The quantitative estimate of drug-likeness (QED) is 0.193. The Morgan fingerprint density at radius 3 is 1.50 bits per heavy atom. The van der Waals surface area contributed by atoms with Gasteiger partial charge in [0.05, 0.1) is 19.8 Å². The van der Waals surface area contributed by atoms with Gasteiger partial charge in [-0.15, -0.1) is 0 Å². The van der Waals surface area contributed by atoms with E-state index in [9.17, 15) is 51.1 Å². The summed E-state index contributed by atoms with van der Waals surface area (Å²) in [7, 11) is 0. The molecule has 0 radical (unpaired) electrons. The van der Waals surface area contributed by atoms with Crippen molar-refractivity contribution in [2.24, 2.45) is 0 Å². The maximum atomic E-state index is 11.2.